The molecule has 5 heteroatoms. The van der Waals surface area contributed by atoms with Gasteiger partial charge in [0.2, 0.25) is 0 Å². The van der Waals surface area contributed by atoms with E-state index in [2.05, 4.69) is 6.92 Å². The van der Waals surface area contributed by atoms with Gasteiger partial charge in [-0.3, -0.25) is 0 Å². The monoisotopic (exact) mass is 235 g/mol. The molecule has 0 amide bonds. The maximum Gasteiger partial charge on any atom is 0.500 e. The first kappa shape index (κ1) is 15.1. The van der Waals surface area contributed by atoms with Crippen LogP contribution in [0.4, 0.5) is 0 Å². The third-order valence-electron chi connectivity index (χ3n) is 2.77. The van der Waals surface area contributed by atoms with E-state index in [1.165, 1.54) is 0 Å². The zero-order valence-electron chi connectivity index (χ0n) is 10.4. The second kappa shape index (κ2) is 8.24. The van der Waals surface area contributed by atoms with E-state index in [1.807, 2.05) is 0 Å². The molecule has 0 aromatic carbocycles. The van der Waals surface area contributed by atoms with Crippen molar-refractivity contribution < 1.29 is 13.3 Å². The molecule has 4 nitrogen and oxygen atoms in total. The van der Waals surface area contributed by atoms with E-state index >= 15 is 0 Å². The highest BCUT2D eigenvalue weighted by molar-refractivity contribution is 6.60. The summed E-state index contributed by atoms with van der Waals surface area (Å²) in [6, 6.07) is 0.880. The summed E-state index contributed by atoms with van der Waals surface area (Å²) >= 11 is 0. The van der Waals surface area contributed by atoms with Gasteiger partial charge in [0.1, 0.15) is 0 Å². The molecule has 0 rings (SSSR count). The van der Waals surface area contributed by atoms with Crippen LogP contribution in [0.3, 0.4) is 0 Å². The molecule has 1 atom stereocenters. The summed E-state index contributed by atoms with van der Waals surface area (Å²) in [4.78, 5) is 0. The van der Waals surface area contributed by atoms with Crippen molar-refractivity contribution in [3.8, 4) is 0 Å². The minimum Gasteiger partial charge on any atom is -0.377 e. The number of hydrogen-bond donors (Lipinski definition) is 1. The summed E-state index contributed by atoms with van der Waals surface area (Å²) in [5.74, 6) is 0.673. The summed E-state index contributed by atoms with van der Waals surface area (Å²) in [5, 5.41) is 0. The average molecular weight is 235 g/mol. The van der Waals surface area contributed by atoms with Crippen LogP contribution in [0.5, 0.6) is 0 Å². The average Bonchev–Trinajstić information content (AvgIpc) is 2.25. The van der Waals surface area contributed by atoms with Gasteiger partial charge in [0.25, 0.3) is 0 Å². The van der Waals surface area contributed by atoms with Crippen molar-refractivity contribution >= 4 is 8.80 Å². The fourth-order valence-electron chi connectivity index (χ4n) is 1.65. The number of hydrogen-bond acceptors (Lipinski definition) is 4. The normalized spacial score (nSPS) is 14.2. The van der Waals surface area contributed by atoms with Gasteiger partial charge in [-0.2, -0.15) is 0 Å². The van der Waals surface area contributed by atoms with Crippen molar-refractivity contribution in [3.63, 3.8) is 0 Å². The molecule has 0 aromatic rings. The van der Waals surface area contributed by atoms with E-state index in [0.717, 1.165) is 31.9 Å². The Bertz CT molecular complexity index is 145. The van der Waals surface area contributed by atoms with E-state index in [9.17, 15) is 0 Å². The molecule has 0 radical (unpaired) electrons. The summed E-state index contributed by atoms with van der Waals surface area (Å²) in [6.45, 7) is 2.99. The molecule has 92 valence electrons. The number of nitrogens with two attached hydrogens (primary N) is 1. The summed E-state index contributed by atoms with van der Waals surface area (Å²) < 4.78 is 16.0. The molecular weight excluding hydrogens is 210 g/mol. The molecule has 0 bridgehead atoms. The lowest BCUT2D eigenvalue weighted by atomic mass is 10.0. The lowest BCUT2D eigenvalue weighted by Crippen LogP contribution is -2.42. The standard InChI is InChI=1S/C10H25NO3Si/c1-10(7-8-11)6-5-9-15(12-2,13-3)14-4/h10H,5-9,11H2,1-4H3. The molecule has 0 aliphatic heterocycles. The fraction of sp³-hybridized carbons (Fsp3) is 1.00. The molecule has 2 N–H and O–H groups in total. The smallest absolute Gasteiger partial charge is 0.377 e. The SMILES string of the molecule is CO[Si](CCCC(C)CCN)(OC)OC. The largest absolute Gasteiger partial charge is 0.500 e. The molecule has 0 saturated heterocycles. The molecule has 0 saturated carbocycles. The summed E-state index contributed by atoms with van der Waals surface area (Å²) in [6.07, 6.45) is 3.31. The van der Waals surface area contributed by atoms with Gasteiger partial charge in [0.05, 0.1) is 0 Å². The van der Waals surface area contributed by atoms with Crippen molar-refractivity contribution in [2.24, 2.45) is 11.7 Å². The molecule has 1 unspecified atom stereocenters. The lowest BCUT2D eigenvalue weighted by Gasteiger charge is -2.24. The van der Waals surface area contributed by atoms with Crippen molar-refractivity contribution in [3.05, 3.63) is 0 Å². The second-order valence-electron chi connectivity index (χ2n) is 3.87. The Labute approximate surface area is 94.5 Å². The maximum atomic E-state index is 5.50. The molecular formula is C10H25NO3Si. The molecule has 0 fully saturated rings. The lowest BCUT2D eigenvalue weighted by molar-refractivity contribution is 0.122. The number of rotatable bonds is 9. The van der Waals surface area contributed by atoms with E-state index in [-0.39, 0.29) is 0 Å². The van der Waals surface area contributed by atoms with Gasteiger partial charge < -0.3 is 19.0 Å². The Balaban J connectivity index is 3.80. The van der Waals surface area contributed by atoms with Crippen LogP contribution in [-0.2, 0) is 13.3 Å². The van der Waals surface area contributed by atoms with E-state index in [1.54, 1.807) is 21.3 Å². The van der Waals surface area contributed by atoms with Gasteiger partial charge in [-0.1, -0.05) is 13.3 Å². The van der Waals surface area contributed by atoms with Gasteiger partial charge >= 0.3 is 8.80 Å². The van der Waals surface area contributed by atoms with E-state index in [4.69, 9.17) is 19.0 Å². The molecule has 0 heterocycles. The highest BCUT2D eigenvalue weighted by Gasteiger charge is 2.36. The van der Waals surface area contributed by atoms with E-state index in [0.29, 0.717) is 5.92 Å². The van der Waals surface area contributed by atoms with Gasteiger partial charge in [-0.25, -0.2) is 0 Å². The second-order valence-corrected chi connectivity index (χ2v) is 6.96. The molecule has 15 heavy (non-hydrogen) atoms. The Morgan fingerprint density at radius 1 is 1.07 bits per heavy atom. The maximum absolute atomic E-state index is 5.50. The van der Waals surface area contributed by atoms with Crippen LogP contribution in [0.25, 0.3) is 0 Å². The van der Waals surface area contributed by atoms with Gasteiger partial charge in [0, 0.05) is 27.4 Å². The Morgan fingerprint density at radius 3 is 2.00 bits per heavy atom. The Kier molecular flexibility index (Phi) is 8.27. The Morgan fingerprint density at radius 2 is 1.60 bits per heavy atom. The van der Waals surface area contributed by atoms with E-state index < -0.39 is 8.80 Å². The van der Waals surface area contributed by atoms with Gasteiger partial charge in [-0.05, 0) is 25.3 Å². The highest BCUT2D eigenvalue weighted by atomic mass is 28.4. The van der Waals surface area contributed by atoms with Crippen LogP contribution in [0, 0.1) is 5.92 Å². The first-order chi connectivity index (χ1) is 7.14. The fourth-order valence-corrected chi connectivity index (χ4v) is 3.40. The topological polar surface area (TPSA) is 53.7 Å². The van der Waals surface area contributed by atoms with Crippen molar-refractivity contribution in [2.75, 3.05) is 27.9 Å². The minimum absolute atomic E-state index is 0.673. The van der Waals surface area contributed by atoms with Gasteiger partial charge in [-0.15, -0.1) is 0 Å². The Hall–Kier alpha value is 0.0569. The first-order valence-electron chi connectivity index (χ1n) is 5.49. The summed E-state index contributed by atoms with van der Waals surface area (Å²) in [5.41, 5.74) is 5.50. The third kappa shape index (κ3) is 5.63. The first-order valence-corrected chi connectivity index (χ1v) is 7.42. The molecule has 0 spiro atoms. The van der Waals surface area contributed by atoms with Crippen LogP contribution in [0.15, 0.2) is 0 Å². The molecule has 0 aliphatic carbocycles. The predicted molar refractivity (Wildman–Crippen MR) is 63.7 cm³/mol. The molecule has 0 aliphatic rings. The van der Waals surface area contributed by atoms with Crippen molar-refractivity contribution in [1.82, 2.24) is 0 Å². The zero-order valence-corrected chi connectivity index (χ0v) is 11.4. The van der Waals surface area contributed by atoms with Crippen molar-refractivity contribution in [2.45, 2.75) is 32.2 Å². The van der Waals surface area contributed by atoms with Crippen molar-refractivity contribution in [1.29, 1.82) is 0 Å². The highest BCUT2D eigenvalue weighted by Crippen LogP contribution is 2.19. The van der Waals surface area contributed by atoms with Crippen LogP contribution in [0.2, 0.25) is 6.04 Å². The zero-order chi connectivity index (χ0) is 11.7. The van der Waals surface area contributed by atoms with Crippen LogP contribution in [-0.4, -0.2) is 36.7 Å². The summed E-state index contributed by atoms with van der Waals surface area (Å²) in [7, 11) is 2.63. The third-order valence-corrected chi connectivity index (χ3v) is 5.60. The van der Waals surface area contributed by atoms with Crippen LogP contribution >= 0.6 is 0 Å². The predicted octanol–water partition coefficient (Wildman–Crippen LogP) is 1.63. The van der Waals surface area contributed by atoms with Gasteiger partial charge in [0.15, 0.2) is 0 Å². The van der Waals surface area contributed by atoms with Crippen LogP contribution in [0.1, 0.15) is 26.2 Å². The van der Waals surface area contributed by atoms with Crippen LogP contribution < -0.4 is 5.73 Å². The quantitative estimate of drug-likeness (QED) is 0.617. The molecule has 0 aromatic heterocycles. The minimum atomic E-state index is -2.34.